The summed E-state index contributed by atoms with van der Waals surface area (Å²) in [6, 6.07) is 7.66. The van der Waals surface area contributed by atoms with E-state index in [0.29, 0.717) is 5.75 Å². The second-order valence-corrected chi connectivity index (χ2v) is 6.96. The molecule has 0 saturated heterocycles. The van der Waals surface area contributed by atoms with E-state index in [1.807, 2.05) is 13.8 Å². The second-order valence-electron chi connectivity index (χ2n) is 4.22. The zero-order valence-corrected chi connectivity index (χ0v) is 14.6. The molecule has 7 heteroatoms. The average molecular weight is 336 g/mol. The summed E-state index contributed by atoms with van der Waals surface area (Å²) in [6.45, 7) is 5.32. The van der Waals surface area contributed by atoms with E-state index in [4.69, 9.17) is 20.5 Å². The Kier molecular flexibility index (Phi) is 9.34. The van der Waals surface area contributed by atoms with Gasteiger partial charge >= 0.3 is 12.8 Å². The van der Waals surface area contributed by atoms with Crippen LogP contribution in [-0.2, 0) is 14.1 Å². The Morgan fingerprint density at radius 1 is 1.19 bits per heavy atom. The quantitative estimate of drug-likeness (QED) is 0.617. The molecule has 0 radical (unpaired) electrons. The lowest BCUT2D eigenvalue weighted by atomic mass is 10.3. The molecule has 1 aromatic carbocycles. The van der Waals surface area contributed by atoms with Crippen LogP contribution in [0.5, 0.6) is 5.75 Å². The Hall–Kier alpha value is -1.03. The van der Waals surface area contributed by atoms with Gasteiger partial charge in [-0.2, -0.15) is 0 Å². The Balaban J connectivity index is 0.00000191. The number of benzene rings is 1. The lowest BCUT2D eigenvalue weighted by Crippen LogP contribution is -2.34. The van der Waals surface area contributed by atoms with Gasteiger partial charge in [0.05, 0.1) is 6.10 Å². The number of para-hydroxylation sites is 1. The molecule has 1 N–H and O–H groups in total. The number of hydrogen-bond acceptors (Lipinski definition) is 4. The molecular weight excluding hydrogens is 313 g/mol. The molecule has 0 aliphatic rings. The topological polar surface area (TPSA) is 64.6 Å². The lowest BCUT2D eigenvalue weighted by molar-refractivity contribution is -0.148. The summed E-state index contributed by atoms with van der Waals surface area (Å²) in [5.41, 5.74) is 0. The monoisotopic (exact) mass is 335 g/mol. The van der Waals surface area contributed by atoms with Crippen molar-refractivity contribution in [3.63, 3.8) is 0 Å². The number of rotatable bonds is 6. The minimum atomic E-state index is -3.65. The molecule has 0 saturated carbocycles. The molecule has 5 nitrogen and oxygen atoms in total. The van der Waals surface area contributed by atoms with Crippen molar-refractivity contribution in [2.45, 2.75) is 46.8 Å². The summed E-state index contributed by atoms with van der Waals surface area (Å²) in [5, 5.41) is 2.43. The molecule has 21 heavy (non-hydrogen) atoms. The molecule has 1 aromatic rings. The van der Waals surface area contributed by atoms with Gasteiger partial charge in [-0.25, -0.2) is 9.65 Å². The number of halogens is 1. The number of carbonyl (C=O) groups is 1. The summed E-state index contributed by atoms with van der Waals surface area (Å²) in [7, 11) is 0. The van der Waals surface area contributed by atoms with Crippen LogP contribution < -0.4 is 9.61 Å². The molecule has 0 aliphatic heterocycles. The molecule has 0 spiro atoms. The summed E-state index contributed by atoms with van der Waals surface area (Å²) in [5.74, 6) is -0.176. The highest BCUT2D eigenvalue weighted by Gasteiger charge is 2.28. The summed E-state index contributed by atoms with van der Waals surface area (Å²) < 4.78 is 22.1. The first kappa shape index (κ1) is 20.0. The van der Waals surface area contributed by atoms with E-state index in [1.54, 1.807) is 44.2 Å². The smallest absolute Gasteiger partial charge is 0.409 e. The van der Waals surface area contributed by atoms with E-state index < -0.39 is 18.9 Å². The van der Waals surface area contributed by atoms with Crippen molar-refractivity contribution < 1.29 is 18.6 Å². The van der Waals surface area contributed by atoms with Gasteiger partial charge in [0, 0.05) is 11.2 Å². The molecule has 0 aromatic heterocycles. The minimum Gasteiger partial charge on any atom is -0.462 e. The van der Waals surface area contributed by atoms with Gasteiger partial charge in [0.15, 0.2) is 0 Å². The van der Waals surface area contributed by atoms with Crippen molar-refractivity contribution in [1.82, 2.24) is 5.09 Å². The van der Waals surface area contributed by atoms with E-state index in [2.05, 4.69) is 5.09 Å². The van der Waals surface area contributed by atoms with Gasteiger partial charge in [-0.3, -0.25) is 4.79 Å². The van der Waals surface area contributed by atoms with Crippen LogP contribution in [0, 0.1) is 0 Å². The van der Waals surface area contributed by atoms with Gasteiger partial charge in [-0.15, -0.1) is 0 Å². The minimum absolute atomic E-state index is 0.249. The molecule has 2 unspecified atom stereocenters. The first-order valence-corrected chi connectivity index (χ1v) is 9.36. The maximum atomic E-state index is 12.0. The van der Waals surface area contributed by atoms with Crippen molar-refractivity contribution in [3.05, 3.63) is 30.3 Å². The van der Waals surface area contributed by atoms with Crippen molar-refractivity contribution in [2.75, 3.05) is 0 Å². The maximum Gasteiger partial charge on any atom is 0.409 e. The molecule has 0 bridgehead atoms. The maximum absolute atomic E-state index is 12.0. The third kappa shape index (κ3) is 8.76. The number of esters is 1. The molecule has 0 fully saturated rings. The van der Waals surface area contributed by atoms with E-state index >= 15 is 0 Å². The molecule has 0 aliphatic carbocycles. The van der Waals surface area contributed by atoms with Crippen molar-refractivity contribution >= 4 is 24.1 Å². The van der Waals surface area contributed by atoms with Crippen molar-refractivity contribution in [2.24, 2.45) is 0 Å². The van der Waals surface area contributed by atoms with Crippen LogP contribution in [0.25, 0.3) is 0 Å². The molecule has 0 heterocycles. The largest absolute Gasteiger partial charge is 0.462 e. The Bertz CT molecular complexity index is 467. The van der Waals surface area contributed by atoms with Crippen LogP contribution in [-0.4, -0.2) is 18.1 Å². The first-order valence-electron chi connectivity index (χ1n) is 6.83. The van der Waals surface area contributed by atoms with Crippen LogP contribution in [0.15, 0.2) is 30.3 Å². The molecule has 0 amide bonds. The highest BCUT2D eigenvalue weighted by atomic mass is 35.7. The predicted molar refractivity (Wildman–Crippen MR) is 85.7 cm³/mol. The first-order chi connectivity index (χ1) is 9.80. The third-order valence-electron chi connectivity index (χ3n) is 2.02. The molecule has 120 valence electrons. The number of carbonyl (C=O) groups excluding carboxylic acids is 1. The normalized spacial score (nSPS) is 14.4. The fourth-order valence-electron chi connectivity index (χ4n) is 1.26. The summed E-state index contributed by atoms with van der Waals surface area (Å²) in [4.78, 5) is 11.6. The van der Waals surface area contributed by atoms with Gasteiger partial charge in [0.1, 0.15) is 11.8 Å². The van der Waals surface area contributed by atoms with E-state index in [9.17, 15) is 9.36 Å². The van der Waals surface area contributed by atoms with E-state index in [1.165, 1.54) is 6.92 Å². The number of nitrogens with one attached hydrogen (secondary N) is 1. The van der Waals surface area contributed by atoms with Crippen LogP contribution in [0.3, 0.4) is 0 Å². The molecule has 2 atom stereocenters. The van der Waals surface area contributed by atoms with Gasteiger partial charge in [0.2, 0.25) is 0 Å². The zero-order chi connectivity index (χ0) is 16.5. The lowest BCUT2D eigenvalue weighted by Gasteiger charge is -2.19. The van der Waals surface area contributed by atoms with Crippen LogP contribution >= 0.6 is 18.1 Å². The van der Waals surface area contributed by atoms with E-state index in [-0.39, 0.29) is 6.10 Å². The average Bonchev–Trinajstić information content (AvgIpc) is 2.40. The molecule has 1 rings (SSSR count). The third-order valence-corrected chi connectivity index (χ3v) is 3.66. The van der Waals surface area contributed by atoms with Crippen LogP contribution in [0.4, 0.5) is 0 Å². The summed E-state index contributed by atoms with van der Waals surface area (Å²) >= 11 is 5.76. The van der Waals surface area contributed by atoms with E-state index in [0.717, 1.165) is 0 Å². The van der Waals surface area contributed by atoms with Gasteiger partial charge < -0.3 is 9.26 Å². The van der Waals surface area contributed by atoms with Crippen molar-refractivity contribution in [1.29, 1.82) is 0 Å². The van der Waals surface area contributed by atoms with Gasteiger partial charge in [0.25, 0.3) is 0 Å². The Labute approximate surface area is 131 Å². The predicted octanol–water partition coefficient (Wildman–Crippen LogP) is 4.37. The van der Waals surface area contributed by atoms with Gasteiger partial charge in [-0.1, -0.05) is 32.0 Å². The SMILES string of the molecule is CC.CC(C)OC(=O)C(C)NP(=O)(Cl)Oc1ccccc1. The summed E-state index contributed by atoms with van der Waals surface area (Å²) in [6.07, 6.45) is -0.249. The fourth-order valence-corrected chi connectivity index (χ4v) is 2.95. The number of hydrogen-bond donors (Lipinski definition) is 1. The van der Waals surface area contributed by atoms with Gasteiger partial charge in [-0.05, 0) is 32.9 Å². The fraction of sp³-hybridized carbons (Fsp3) is 0.500. The van der Waals surface area contributed by atoms with Crippen LogP contribution in [0.1, 0.15) is 34.6 Å². The van der Waals surface area contributed by atoms with Crippen molar-refractivity contribution in [3.8, 4) is 5.75 Å². The zero-order valence-electron chi connectivity index (χ0n) is 13.0. The second kappa shape index (κ2) is 9.82. The highest BCUT2D eigenvalue weighted by Crippen LogP contribution is 2.48. The standard InChI is InChI=1S/C12H17ClNO4P.C2H6/c1-9(2)17-12(15)10(3)14-19(13,16)18-11-7-5-4-6-8-11;1-2/h4-10H,1-3H3,(H,14,16);1-2H3. The van der Waals surface area contributed by atoms with Crippen LogP contribution in [0.2, 0.25) is 0 Å². The highest BCUT2D eigenvalue weighted by molar-refractivity contribution is 7.84. The Morgan fingerprint density at radius 3 is 2.19 bits per heavy atom. The number of ether oxygens (including phenoxy) is 1. The Morgan fingerprint density at radius 2 is 1.71 bits per heavy atom. The molecular formula is C14H23ClNO4P.